The molecule has 144 valence electrons. The zero-order valence-electron chi connectivity index (χ0n) is 15.8. The highest BCUT2D eigenvalue weighted by atomic mass is 16.5. The smallest absolute Gasteiger partial charge is 0.330 e. The van der Waals surface area contributed by atoms with Crippen LogP contribution in [0.3, 0.4) is 0 Å². The summed E-state index contributed by atoms with van der Waals surface area (Å²) in [4.78, 5) is 15.6. The van der Waals surface area contributed by atoms with Crippen LogP contribution in [0.4, 0.5) is 0 Å². The maximum Gasteiger partial charge on any atom is 0.330 e. The molecule has 0 aliphatic heterocycles. The van der Waals surface area contributed by atoms with Gasteiger partial charge < -0.3 is 18.7 Å². The molecule has 28 heavy (non-hydrogen) atoms. The van der Waals surface area contributed by atoms with E-state index in [4.69, 9.17) is 14.0 Å². The van der Waals surface area contributed by atoms with Gasteiger partial charge in [0.1, 0.15) is 0 Å². The largest absolute Gasteiger partial charge is 0.493 e. The van der Waals surface area contributed by atoms with Crippen LogP contribution >= 0.6 is 0 Å². The fourth-order valence-electron chi connectivity index (χ4n) is 2.49. The van der Waals surface area contributed by atoms with Crippen molar-refractivity contribution in [3.63, 3.8) is 0 Å². The summed E-state index contributed by atoms with van der Waals surface area (Å²) in [7, 11) is 2.87. The molecular weight excluding hydrogens is 360 g/mol. The van der Waals surface area contributed by atoms with Crippen molar-refractivity contribution in [1.29, 1.82) is 0 Å². The first-order chi connectivity index (χ1) is 13.6. The number of rotatable bonds is 7. The van der Waals surface area contributed by atoms with E-state index in [1.165, 1.54) is 13.2 Å². The number of carbonyl (C=O) groups excluding carboxylic acids is 1. The van der Waals surface area contributed by atoms with Crippen molar-refractivity contribution < 1.29 is 23.5 Å². The normalized spacial score (nSPS) is 10.8. The van der Waals surface area contributed by atoms with E-state index < -0.39 is 5.97 Å². The van der Waals surface area contributed by atoms with Crippen LogP contribution in [0.15, 0.2) is 53.1 Å². The Hall–Kier alpha value is -3.61. The van der Waals surface area contributed by atoms with E-state index in [2.05, 4.69) is 14.9 Å². The molecule has 7 heteroatoms. The number of ether oxygens (including phenoxy) is 3. The molecule has 1 aromatic heterocycles. The lowest BCUT2D eigenvalue weighted by atomic mass is 10.1. The lowest BCUT2D eigenvalue weighted by Crippen LogP contribution is -1.98. The predicted octanol–water partition coefficient (Wildman–Crippen LogP) is 3.82. The number of hydrogen-bond acceptors (Lipinski definition) is 7. The van der Waals surface area contributed by atoms with Gasteiger partial charge in [-0.05, 0) is 36.8 Å². The van der Waals surface area contributed by atoms with Gasteiger partial charge in [0.25, 0.3) is 5.89 Å². The standard InChI is InChI=1S/C21H20N2O5/c1-14-5-4-6-16(11-14)21-22-19(28-23-21)13-27-17-9-7-15(12-18(17)25-2)8-10-20(24)26-3/h4-12H,13H2,1-3H3/b10-8+. The van der Waals surface area contributed by atoms with E-state index in [-0.39, 0.29) is 6.61 Å². The molecule has 3 aromatic rings. The number of aryl methyl sites for hydroxylation is 1. The summed E-state index contributed by atoms with van der Waals surface area (Å²) in [6.45, 7) is 2.11. The minimum absolute atomic E-state index is 0.104. The van der Waals surface area contributed by atoms with E-state index >= 15 is 0 Å². The second-order valence-electron chi connectivity index (χ2n) is 5.94. The summed E-state index contributed by atoms with van der Waals surface area (Å²) in [5.41, 5.74) is 2.77. The molecule has 0 spiro atoms. The van der Waals surface area contributed by atoms with Gasteiger partial charge in [0.05, 0.1) is 14.2 Å². The Morgan fingerprint density at radius 1 is 1.14 bits per heavy atom. The Kier molecular flexibility index (Phi) is 6.06. The lowest BCUT2D eigenvalue weighted by Gasteiger charge is -2.09. The van der Waals surface area contributed by atoms with Gasteiger partial charge in [-0.2, -0.15) is 4.98 Å². The summed E-state index contributed by atoms with van der Waals surface area (Å²) in [5.74, 6) is 1.48. The second-order valence-corrected chi connectivity index (χ2v) is 5.94. The van der Waals surface area contributed by atoms with E-state index in [1.54, 1.807) is 31.4 Å². The highest BCUT2D eigenvalue weighted by Crippen LogP contribution is 2.29. The molecule has 0 fully saturated rings. The highest BCUT2D eigenvalue weighted by Gasteiger charge is 2.11. The van der Waals surface area contributed by atoms with Gasteiger partial charge in [-0.15, -0.1) is 0 Å². The Morgan fingerprint density at radius 3 is 2.75 bits per heavy atom. The van der Waals surface area contributed by atoms with Crippen LogP contribution in [0, 0.1) is 6.92 Å². The maximum atomic E-state index is 11.2. The molecule has 0 amide bonds. The molecule has 0 N–H and O–H groups in total. The third-order valence-electron chi connectivity index (χ3n) is 3.90. The number of carbonyl (C=O) groups is 1. The number of esters is 1. The van der Waals surface area contributed by atoms with Crippen molar-refractivity contribution in [2.75, 3.05) is 14.2 Å². The van der Waals surface area contributed by atoms with Crippen molar-refractivity contribution in [1.82, 2.24) is 10.1 Å². The van der Waals surface area contributed by atoms with Crippen LogP contribution in [0.25, 0.3) is 17.5 Å². The van der Waals surface area contributed by atoms with Crippen molar-refractivity contribution in [3.8, 4) is 22.9 Å². The molecule has 0 unspecified atom stereocenters. The van der Waals surface area contributed by atoms with Crippen molar-refractivity contribution in [2.45, 2.75) is 13.5 Å². The second kappa shape index (κ2) is 8.85. The van der Waals surface area contributed by atoms with E-state index in [1.807, 2.05) is 31.2 Å². The molecule has 0 saturated carbocycles. The van der Waals surface area contributed by atoms with E-state index in [9.17, 15) is 4.79 Å². The first-order valence-corrected chi connectivity index (χ1v) is 8.55. The Morgan fingerprint density at radius 2 is 2.00 bits per heavy atom. The molecule has 0 aliphatic carbocycles. The fourth-order valence-corrected chi connectivity index (χ4v) is 2.49. The van der Waals surface area contributed by atoms with Gasteiger partial charge in [-0.25, -0.2) is 4.79 Å². The zero-order chi connectivity index (χ0) is 19.9. The predicted molar refractivity (Wildman–Crippen MR) is 103 cm³/mol. The molecule has 0 radical (unpaired) electrons. The quantitative estimate of drug-likeness (QED) is 0.455. The lowest BCUT2D eigenvalue weighted by molar-refractivity contribution is -0.134. The molecule has 0 saturated heterocycles. The van der Waals surface area contributed by atoms with Crippen molar-refractivity contribution in [3.05, 3.63) is 65.6 Å². The Labute approximate surface area is 162 Å². The monoisotopic (exact) mass is 380 g/mol. The highest BCUT2D eigenvalue weighted by molar-refractivity contribution is 5.87. The Balaban J connectivity index is 1.69. The molecular formula is C21H20N2O5. The maximum absolute atomic E-state index is 11.2. The van der Waals surface area contributed by atoms with Gasteiger partial charge in [0.2, 0.25) is 5.82 Å². The third kappa shape index (κ3) is 4.76. The van der Waals surface area contributed by atoms with Crippen molar-refractivity contribution in [2.24, 2.45) is 0 Å². The summed E-state index contributed by atoms with van der Waals surface area (Å²) >= 11 is 0. The number of aromatic nitrogens is 2. The average Bonchev–Trinajstić information content (AvgIpc) is 3.19. The minimum Gasteiger partial charge on any atom is -0.493 e. The zero-order valence-corrected chi connectivity index (χ0v) is 15.8. The summed E-state index contributed by atoms with van der Waals surface area (Å²) in [6.07, 6.45) is 2.96. The van der Waals surface area contributed by atoms with Gasteiger partial charge in [-0.1, -0.05) is 35.0 Å². The van der Waals surface area contributed by atoms with Gasteiger partial charge in [0, 0.05) is 11.6 Å². The van der Waals surface area contributed by atoms with Crippen molar-refractivity contribution >= 4 is 12.0 Å². The fraction of sp³-hybridized carbons (Fsp3) is 0.190. The number of methoxy groups -OCH3 is 2. The first-order valence-electron chi connectivity index (χ1n) is 8.55. The molecule has 1 heterocycles. The van der Waals surface area contributed by atoms with Gasteiger partial charge in [-0.3, -0.25) is 0 Å². The van der Waals surface area contributed by atoms with Gasteiger partial charge in [0.15, 0.2) is 18.1 Å². The van der Waals surface area contributed by atoms with Crippen LogP contribution in [-0.4, -0.2) is 30.3 Å². The first kappa shape index (κ1) is 19.2. The molecule has 0 bridgehead atoms. The van der Waals surface area contributed by atoms with Crippen LogP contribution in [-0.2, 0) is 16.1 Å². The summed E-state index contributed by atoms with van der Waals surface area (Å²) in [5, 5.41) is 4.00. The van der Waals surface area contributed by atoms with E-state index in [0.29, 0.717) is 23.2 Å². The molecule has 0 aliphatic rings. The molecule has 7 nitrogen and oxygen atoms in total. The minimum atomic E-state index is -0.430. The third-order valence-corrected chi connectivity index (χ3v) is 3.90. The average molecular weight is 380 g/mol. The number of hydrogen-bond donors (Lipinski definition) is 0. The topological polar surface area (TPSA) is 83.7 Å². The summed E-state index contributed by atoms with van der Waals surface area (Å²) in [6, 6.07) is 13.1. The summed E-state index contributed by atoms with van der Waals surface area (Å²) < 4.78 is 20.9. The Bertz CT molecular complexity index is 994. The molecule has 2 aromatic carbocycles. The SMILES string of the molecule is COC(=O)/C=C/c1ccc(OCc2nc(-c3cccc(C)c3)no2)c(OC)c1. The van der Waals surface area contributed by atoms with Crippen LogP contribution in [0.5, 0.6) is 11.5 Å². The van der Waals surface area contributed by atoms with E-state index in [0.717, 1.165) is 16.7 Å². The van der Waals surface area contributed by atoms with Crippen LogP contribution in [0.2, 0.25) is 0 Å². The number of benzene rings is 2. The molecule has 0 atom stereocenters. The van der Waals surface area contributed by atoms with Crippen LogP contribution < -0.4 is 9.47 Å². The number of nitrogens with zero attached hydrogens (tertiary/aromatic N) is 2. The van der Waals surface area contributed by atoms with Gasteiger partial charge >= 0.3 is 5.97 Å². The van der Waals surface area contributed by atoms with Crippen LogP contribution in [0.1, 0.15) is 17.0 Å². The molecule has 3 rings (SSSR count).